The average Bonchev–Trinajstić information content (AvgIpc) is 2.30. The van der Waals surface area contributed by atoms with E-state index in [-0.39, 0.29) is 6.04 Å². The fourth-order valence-electron chi connectivity index (χ4n) is 1.68. The van der Waals surface area contributed by atoms with Gasteiger partial charge in [0.25, 0.3) is 0 Å². The molecule has 90 valence electrons. The van der Waals surface area contributed by atoms with Crippen LogP contribution < -0.4 is 5.73 Å². The molecule has 0 spiro atoms. The zero-order valence-corrected chi connectivity index (χ0v) is 11.3. The van der Waals surface area contributed by atoms with E-state index < -0.39 is 0 Å². The van der Waals surface area contributed by atoms with Crippen LogP contribution in [0.3, 0.4) is 0 Å². The molecule has 16 heavy (non-hydrogen) atoms. The smallest absolute Gasteiger partial charge is 0.0415 e. The van der Waals surface area contributed by atoms with E-state index in [0.29, 0.717) is 5.25 Å². The van der Waals surface area contributed by atoms with Crippen molar-refractivity contribution in [3.05, 3.63) is 35.9 Å². The van der Waals surface area contributed by atoms with E-state index in [1.54, 1.807) is 0 Å². The zero-order valence-electron chi connectivity index (χ0n) is 10.5. The lowest BCUT2D eigenvalue weighted by atomic mass is 10.0. The molecule has 0 radical (unpaired) electrons. The molecule has 0 saturated heterocycles. The molecule has 2 N–H and O–H groups in total. The largest absolute Gasteiger partial charge is 0.323 e. The summed E-state index contributed by atoms with van der Waals surface area (Å²) in [5.41, 5.74) is 7.57. The number of hydrogen-bond donors (Lipinski definition) is 1. The van der Waals surface area contributed by atoms with Crippen LogP contribution in [-0.2, 0) is 0 Å². The van der Waals surface area contributed by atoms with Crippen LogP contribution in [0.5, 0.6) is 0 Å². The first-order valence-corrected chi connectivity index (χ1v) is 7.12. The Morgan fingerprint density at radius 2 is 1.81 bits per heavy atom. The van der Waals surface area contributed by atoms with Crippen LogP contribution in [-0.4, -0.2) is 11.0 Å². The number of nitrogens with two attached hydrogens (primary N) is 1. The first-order valence-electron chi connectivity index (χ1n) is 6.07. The van der Waals surface area contributed by atoms with Crippen molar-refractivity contribution in [2.75, 3.05) is 5.75 Å². The van der Waals surface area contributed by atoms with Gasteiger partial charge in [-0.05, 0) is 23.7 Å². The molecule has 0 aliphatic heterocycles. The lowest BCUT2D eigenvalue weighted by Crippen LogP contribution is -2.24. The van der Waals surface area contributed by atoms with E-state index in [9.17, 15) is 0 Å². The van der Waals surface area contributed by atoms with Crippen molar-refractivity contribution in [3.63, 3.8) is 0 Å². The van der Waals surface area contributed by atoms with Crippen molar-refractivity contribution in [1.82, 2.24) is 0 Å². The van der Waals surface area contributed by atoms with Crippen molar-refractivity contribution in [1.29, 1.82) is 0 Å². The van der Waals surface area contributed by atoms with E-state index in [4.69, 9.17) is 5.73 Å². The molecule has 0 aromatic heterocycles. The Hall–Kier alpha value is -0.470. The molecule has 0 amide bonds. The highest BCUT2D eigenvalue weighted by Crippen LogP contribution is 2.28. The highest BCUT2D eigenvalue weighted by Gasteiger charge is 2.18. The summed E-state index contributed by atoms with van der Waals surface area (Å²) in [5, 5.41) is 0.532. The first kappa shape index (κ1) is 13.6. The summed E-state index contributed by atoms with van der Waals surface area (Å²) in [7, 11) is 0. The normalized spacial score (nSPS) is 15.1. The van der Waals surface area contributed by atoms with Gasteiger partial charge in [-0.1, -0.05) is 51.1 Å². The third-order valence-corrected chi connectivity index (χ3v) is 4.54. The molecule has 0 bridgehead atoms. The van der Waals surface area contributed by atoms with Gasteiger partial charge in [-0.3, -0.25) is 0 Å². The van der Waals surface area contributed by atoms with Gasteiger partial charge in [0.2, 0.25) is 0 Å². The van der Waals surface area contributed by atoms with Crippen molar-refractivity contribution in [2.45, 2.75) is 38.5 Å². The van der Waals surface area contributed by atoms with Crippen molar-refractivity contribution >= 4 is 11.8 Å². The van der Waals surface area contributed by atoms with Crippen molar-refractivity contribution in [3.8, 4) is 0 Å². The topological polar surface area (TPSA) is 26.0 Å². The maximum atomic E-state index is 6.32. The second kappa shape index (κ2) is 6.97. The number of rotatable bonds is 6. The average molecular weight is 237 g/mol. The molecule has 1 rings (SSSR count). The Kier molecular flexibility index (Phi) is 5.93. The quantitative estimate of drug-likeness (QED) is 0.813. The van der Waals surface area contributed by atoms with Gasteiger partial charge in [0.1, 0.15) is 0 Å². The molecule has 0 saturated carbocycles. The maximum absolute atomic E-state index is 6.32. The summed E-state index contributed by atoms with van der Waals surface area (Å²) in [5.74, 6) is 1.93. The molecule has 0 aliphatic rings. The number of hydrogen-bond acceptors (Lipinski definition) is 2. The van der Waals surface area contributed by atoms with Gasteiger partial charge in [-0.25, -0.2) is 0 Å². The highest BCUT2D eigenvalue weighted by molar-refractivity contribution is 7.99. The van der Waals surface area contributed by atoms with Crippen LogP contribution in [0, 0.1) is 5.92 Å². The van der Waals surface area contributed by atoms with Crippen LogP contribution in [0.2, 0.25) is 0 Å². The second-order valence-corrected chi connectivity index (χ2v) is 5.88. The molecule has 0 heterocycles. The number of benzene rings is 1. The van der Waals surface area contributed by atoms with Gasteiger partial charge in [0.15, 0.2) is 0 Å². The summed E-state index contributed by atoms with van der Waals surface area (Å²) in [6.07, 6.45) is 1.13. The van der Waals surface area contributed by atoms with Crippen LogP contribution in [0.15, 0.2) is 30.3 Å². The molecule has 2 heteroatoms. The zero-order chi connectivity index (χ0) is 12.0. The molecule has 0 fully saturated rings. The third kappa shape index (κ3) is 4.18. The SMILES string of the molecule is CCC(SCC(C)C)C(N)c1ccccc1. The Labute approximate surface area is 104 Å². The predicted octanol–water partition coefficient (Wildman–Crippen LogP) is 3.85. The monoisotopic (exact) mass is 237 g/mol. The lowest BCUT2D eigenvalue weighted by molar-refractivity contribution is 0.650. The molecular formula is C14H23NS. The minimum Gasteiger partial charge on any atom is -0.323 e. The summed E-state index contributed by atoms with van der Waals surface area (Å²) in [6.45, 7) is 6.74. The Bertz CT molecular complexity index is 284. The summed E-state index contributed by atoms with van der Waals surface area (Å²) < 4.78 is 0. The maximum Gasteiger partial charge on any atom is 0.0415 e. The van der Waals surface area contributed by atoms with Crippen LogP contribution >= 0.6 is 11.8 Å². The number of thioether (sulfide) groups is 1. The molecule has 2 atom stereocenters. The van der Waals surface area contributed by atoms with Crippen LogP contribution in [0.25, 0.3) is 0 Å². The van der Waals surface area contributed by atoms with E-state index in [2.05, 4.69) is 45.0 Å². The summed E-state index contributed by atoms with van der Waals surface area (Å²) in [6, 6.07) is 10.6. The predicted molar refractivity (Wildman–Crippen MR) is 74.7 cm³/mol. The van der Waals surface area contributed by atoms with E-state index in [1.165, 1.54) is 11.3 Å². The third-order valence-electron chi connectivity index (χ3n) is 2.63. The van der Waals surface area contributed by atoms with Crippen molar-refractivity contribution < 1.29 is 0 Å². The minimum absolute atomic E-state index is 0.162. The molecule has 1 aromatic carbocycles. The molecule has 2 unspecified atom stereocenters. The van der Waals surface area contributed by atoms with Gasteiger partial charge in [-0.15, -0.1) is 0 Å². The van der Waals surface area contributed by atoms with E-state index >= 15 is 0 Å². The highest BCUT2D eigenvalue weighted by atomic mass is 32.2. The van der Waals surface area contributed by atoms with Gasteiger partial charge in [0, 0.05) is 11.3 Å². The molecular weight excluding hydrogens is 214 g/mol. The van der Waals surface area contributed by atoms with Gasteiger partial charge in [-0.2, -0.15) is 11.8 Å². The minimum atomic E-state index is 0.162. The fourth-order valence-corrected chi connectivity index (χ4v) is 2.91. The van der Waals surface area contributed by atoms with E-state index in [0.717, 1.165) is 12.3 Å². The van der Waals surface area contributed by atoms with Crippen LogP contribution in [0.4, 0.5) is 0 Å². The fraction of sp³-hybridized carbons (Fsp3) is 0.571. The summed E-state index contributed by atoms with van der Waals surface area (Å²) in [4.78, 5) is 0. The Morgan fingerprint density at radius 3 is 2.31 bits per heavy atom. The van der Waals surface area contributed by atoms with Gasteiger partial charge < -0.3 is 5.73 Å². The molecule has 1 nitrogen and oxygen atoms in total. The van der Waals surface area contributed by atoms with Gasteiger partial charge >= 0.3 is 0 Å². The second-order valence-electron chi connectivity index (χ2n) is 4.61. The first-order chi connectivity index (χ1) is 7.65. The standard InChI is InChI=1S/C14H23NS/c1-4-13(16-10-11(2)3)14(15)12-8-6-5-7-9-12/h5-9,11,13-14H,4,10,15H2,1-3H3. The Balaban J connectivity index is 2.59. The molecule has 1 aromatic rings. The lowest BCUT2D eigenvalue weighted by Gasteiger charge is -2.23. The Morgan fingerprint density at radius 1 is 1.19 bits per heavy atom. The van der Waals surface area contributed by atoms with Crippen LogP contribution in [0.1, 0.15) is 38.8 Å². The molecule has 0 aliphatic carbocycles. The van der Waals surface area contributed by atoms with E-state index in [1.807, 2.05) is 17.8 Å². The van der Waals surface area contributed by atoms with Gasteiger partial charge in [0.05, 0.1) is 0 Å². The van der Waals surface area contributed by atoms with Crippen molar-refractivity contribution in [2.24, 2.45) is 11.7 Å². The summed E-state index contributed by atoms with van der Waals surface area (Å²) >= 11 is 2.01.